The van der Waals surface area contributed by atoms with Gasteiger partial charge in [-0.1, -0.05) is 36.1 Å². The molecule has 0 radical (unpaired) electrons. The zero-order chi connectivity index (χ0) is 28.2. The number of hydrogen-bond acceptors (Lipinski definition) is 4. The quantitative estimate of drug-likeness (QED) is 0.281. The first-order chi connectivity index (χ1) is 19.3. The van der Waals surface area contributed by atoms with Gasteiger partial charge < -0.3 is 15.2 Å². The molecule has 5 rings (SSSR count). The molecule has 2 aromatic heterocycles. The molecule has 0 aliphatic carbocycles. The van der Waals surface area contributed by atoms with Crippen LogP contribution in [0, 0.1) is 30.1 Å². The average Bonchev–Trinajstić information content (AvgIpc) is 3.28. The van der Waals surface area contributed by atoms with Gasteiger partial charge in [0.1, 0.15) is 5.82 Å². The van der Waals surface area contributed by atoms with Crippen LogP contribution in [0.1, 0.15) is 39.5 Å². The lowest BCUT2D eigenvalue weighted by atomic mass is 10.0. The Morgan fingerprint density at radius 2 is 1.68 bits per heavy atom. The number of rotatable bonds is 4. The van der Waals surface area contributed by atoms with Crippen molar-refractivity contribution < 1.29 is 9.59 Å². The number of aromatic nitrogens is 2. The minimum Gasteiger partial charge on any atom is -0.350 e. The molecule has 0 spiro atoms. The van der Waals surface area contributed by atoms with E-state index in [1.54, 1.807) is 30.5 Å². The molecule has 0 bridgehead atoms. The third-order valence-corrected chi connectivity index (χ3v) is 6.48. The molecule has 5 aromatic rings. The molecule has 0 unspecified atom stereocenters. The lowest BCUT2D eigenvalue weighted by molar-refractivity contribution is -0.114. The second-order valence-electron chi connectivity index (χ2n) is 9.42. The summed E-state index contributed by atoms with van der Waals surface area (Å²) in [5.74, 6) is 6.25. The number of fused-ring (bicyclic) bond motifs is 1. The summed E-state index contributed by atoms with van der Waals surface area (Å²) >= 11 is 0. The van der Waals surface area contributed by atoms with Gasteiger partial charge in [-0.15, -0.1) is 0 Å². The first-order valence-corrected chi connectivity index (χ1v) is 12.6. The summed E-state index contributed by atoms with van der Waals surface area (Å²) in [6.45, 7) is 3.37. The Hall–Kier alpha value is -5.66. The first kappa shape index (κ1) is 26.0. The highest BCUT2D eigenvalue weighted by Gasteiger charge is 2.12. The lowest BCUT2D eigenvalue weighted by Crippen LogP contribution is -2.12. The fourth-order valence-electron chi connectivity index (χ4n) is 4.38. The number of benzene rings is 3. The molecule has 2 N–H and O–H groups in total. The highest BCUT2D eigenvalue weighted by molar-refractivity contribution is 6.06. The number of nitrogens with one attached hydrogen (secondary N) is 2. The number of nitrogens with zero attached hydrogens (tertiary/aromatic N) is 3. The van der Waals surface area contributed by atoms with Crippen LogP contribution < -0.4 is 10.6 Å². The number of nitriles is 1. The van der Waals surface area contributed by atoms with Crippen molar-refractivity contribution in [3.8, 4) is 29.0 Å². The van der Waals surface area contributed by atoms with E-state index in [-0.39, 0.29) is 11.8 Å². The molecule has 0 aliphatic rings. The number of aryl methyl sites for hydroxylation is 2. The molecule has 0 atom stereocenters. The maximum atomic E-state index is 13.1. The maximum absolute atomic E-state index is 13.1. The second-order valence-corrected chi connectivity index (χ2v) is 9.42. The van der Waals surface area contributed by atoms with Gasteiger partial charge in [-0.3, -0.25) is 9.59 Å². The van der Waals surface area contributed by atoms with E-state index in [2.05, 4.69) is 33.5 Å². The van der Waals surface area contributed by atoms with E-state index in [0.29, 0.717) is 28.2 Å². The molecule has 194 valence electrons. The van der Waals surface area contributed by atoms with Crippen LogP contribution >= 0.6 is 0 Å². The van der Waals surface area contributed by atoms with Gasteiger partial charge in [0, 0.05) is 59.7 Å². The Morgan fingerprint density at radius 1 is 0.900 bits per heavy atom. The molecular weight excluding hydrogens is 498 g/mol. The number of carbonyl (C=O) groups excluding carboxylic acids is 2. The molecule has 7 nitrogen and oxygen atoms in total. The average molecular weight is 524 g/mol. The van der Waals surface area contributed by atoms with Crippen molar-refractivity contribution in [1.82, 2.24) is 9.55 Å². The van der Waals surface area contributed by atoms with Crippen LogP contribution in [0.15, 0.2) is 85.2 Å². The van der Waals surface area contributed by atoms with Gasteiger partial charge >= 0.3 is 0 Å². The lowest BCUT2D eigenvalue weighted by Gasteiger charge is -2.08. The number of hydrogen-bond donors (Lipinski definition) is 2. The monoisotopic (exact) mass is 523 g/mol. The number of anilines is 2. The smallest absolute Gasteiger partial charge is 0.255 e. The Balaban J connectivity index is 1.35. The maximum Gasteiger partial charge on any atom is 0.255 e. The van der Waals surface area contributed by atoms with Crippen LogP contribution in [0.3, 0.4) is 0 Å². The van der Waals surface area contributed by atoms with E-state index >= 15 is 0 Å². The van der Waals surface area contributed by atoms with E-state index in [1.165, 1.54) is 6.92 Å². The highest BCUT2D eigenvalue weighted by Crippen LogP contribution is 2.32. The Morgan fingerprint density at radius 3 is 2.38 bits per heavy atom. The topological polar surface area (TPSA) is 99.8 Å². The van der Waals surface area contributed by atoms with E-state index in [0.717, 1.165) is 33.2 Å². The third-order valence-electron chi connectivity index (χ3n) is 6.48. The van der Waals surface area contributed by atoms with Gasteiger partial charge in [0.15, 0.2) is 0 Å². The predicted molar refractivity (Wildman–Crippen MR) is 157 cm³/mol. The Kier molecular flexibility index (Phi) is 7.13. The van der Waals surface area contributed by atoms with Gasteiger partial charge in [0.2, 0.25) is 5.91 Å². The number of amides is 2. The predicted octanol–water partition coefficient (Wildman–Crippen LogP) is 6.03. The van der Waals surface area contributed by atoms with Crippen LogP contribution in [0.2, 0.25) is 0 Å². The summed E-state index contributed by atoms with van der Waals surface area (Å²) in [4.78, 5) is 28.5. The van der Waals surface area contributed by atoms with Crippen LogP contribution in [-0.4, -0.2) is 21.4 Å². The number of pyridine rings is 1. The van der Waals surface area contributed by atoms with Crippen molar-refractivity contribution in [2.75, 3.05) is 10.6 Å². The van der Waals surface area contributed by atoms with Crippen molar-refractivity contribution in [2.45, 2.75) is 13.8 Å². The van der Waals surface area contributed by atoms with Gasteiger partial charge in [-0.25, -0.2) is 4.98 Å². The van der Waals surface area contributed by atoms with Gasteiger partial charge in [0.25, 0.3) is 5.91 Å². The van der Waals surface area contributed by atoms with Gasteiger partial charge in [0.05, 0.1) is 17.1 Å². The van der Waals surface area contributed by atoms with Crippen LogP contribution in [-0.2, 0) is 11.8 Å². The first-order valence-electron chi connectivity index (χ1n) is 12.6. The molecule has 0 saturated heterocycles. The van der Waals surface area contributed by atoms with E-state index in [1.807, 2.05) is 73.3 Å². The van der Waals surface area contributed by atoms with Gasteiger partial charge in [-0.05, 0) is 66.6 Å². The molecule has 2 heterocycles. The van der Waals surface area contributed by atoms with Crippen LogP contribution in [0.5, 0.6) is 0 Å². The minimum atomic E-state index is -0.231. The van der Waals surface area contributed by atoms with Crippen molar-refractivity contribution in [1.29, 1.82) is 5.26 Å². The zero-order valence-corrected chi connectivity index (χ0v) is 22.2. The third kappa shape index (κ3) is 5.60. The summed E-state index contributed by atoms with van der Waals surface area (Å²) in [5.41, 5.74) is 7.24. The van der Waals surface area contributed by atoms with E-state index in [9.17, 15) is 9.59 Å². The summed E-state index contributed by atoms with van der Waals surface area (Å²) in [6, 6.07) is 24.4. The molecule has 7 heteroatoms. The Labute approximate surface area is 232 Å². The van der Waals surface area contributed by atoms with Crippen LogP contribution in [0.25, 0.3) is 22.0 Å². The SMILES string of the molecule is CC(=O)Nc1ccc(C#Cc2cc(C(=O)Nc3ccc4c(-c5ccc(C#N)cc5)cn(C)c4c3)ccc2C)cn1. The fraction of sp³-hybridized carbons (Fsp3) is 0.0909. The normalized spacial score (nSPS) is 10.3. The molecular formula is C33H25N5O2. The number of carbonyl (C=O) groups is 2. The Bertz CT molecular complexity index is 1870. The minimum absolute atomic E-state index is 0.187. The summed E-state index contributed by atoms with van der Waals surface area (Å²) in [7, 11) is 1.97. The molecule has 2 amide bonds. The molecule has 0 fully saturated rings. The van der Waals surface area contributed by atoms with Crippen molar-refractivity contribution >= 4 is 34.2 Å². The second kappa shape index (κ2) is 11.0. The van der Waals surface area contributed by atoms with E-state index in [4.69, 9.17) is 5.26 Å². The van der Waals surface area contributed by atoms with E-state index < -0.39 is 0 Å². The summed E-state index contributed by atoms with van der Waals surface area (Å²) in [5, 5.41) is 15.8. The highest BCUT2D eigenvalue weighted by atomic mass is 16.2. The van der Waals surface area contributed by atoms with Crippen molar-refractivity contribution in [3.63, 3.8) is 0 Å². The fourth-order valence-corrected chi connectivity index (χ4v) is 4.38. The van der Waals surface area contributed by atoms with Crippen LogP contribution in [0.4, 0.5) is 11.5 Å². The van der Waals surface area contributed by atoms with Crippen molar-refractivity contribution in [2.24, 2.45) is 7.05 Å². The molecule has 3 aromatic carbocycles. The summed E-state index contributed by atoms with van der Waals surface area (Å²) < 4.78 is 2.02. The molecule has 40 heavy (non-hydrogen) atoms. The summed E-state index contributed by atoms with van der Waals surface area (Å²) in [6.07, 6.45) is 3.64. The standard InChI is InChI=1S/C33H25N5O2/c1-21-4-9-27(16-26(21)12-7-24-8-15-32(35-19-24)36-22(2)39)33(40)37-28-13-14-29-30(20-38(3)31(29)17-28)25-10-5-23(18-34)6-11-25/h4-6,8-11,13-17,19-20H,1-3H3,(H,37,40)(H,35,36,39). The zero-order valence-electron chi connectivity index (χ0n) is 22.2. The van der Waals surface area contributed by atoms with Gasteiger partial charge in [-0.2, -0.15) is 5.26 Å². The van der Waals surface area contributed by atoms with Crippen molar-refractivity contribution in [3.05, 3.63) is 113 Å². The molecule has 0 saturated carbocycles. The molecule has 0 aliphatic heterocycles. The largest absolute Gasteiger partial charge is 0.350 e.